The van der Waals surface area contributed by atoms with Crippen molar-refractivity contribution in [3.63, 3.8) is 0 Å². The zero-order valence-electron chi connectivity index (χ0n) is 16.0. The third-order valence-corrected chi connectivity index (χ3v) is 8.16. The van der Waals surface area contributed by atoms with E-state index < -0.39 is 38.8 Å². The van der Waals surface area contributed by atoms with Crippen molar-refractivity contribution in [1.29, 1.82) is 0 Å². The molecule has 2 amide bonds. The molecule has 1 aromatic heterocycles. The summed E-state index contributed by atoms with van der Waals surface area (Å²) >= 11 is 12.1. The topological polar surface area (TPSA) is 129 Å². The number of amides is 2. The second-order valence-corrected chi connectivity index (χ2v) is 9.91. The van der Waals surface area contributed by atoms with Crippen molar-refractivity contribution in [2.24, 2.45) is 0 Å². The van der Waals surface area contributed by atoms with Crippen molar-refractivity contribution < 1.29 is 23.1 Å². The van der Waals surface area contributed by atoms with Gasteiger partial charge in [-0.25, -0.2) is 18.2 Å². The molecule has 31 heavy (non-hydrogen) atoms. The summed E-state index contributed by atoms with van der Waals surface area (Å²) in [5.41, 5.74) is 0.0819. The number of aromatic hydroxyl groups is 1. The minimum atomic E-state index is -4.21. The number of halogens is 2. The summed E-state index contributed by atoms with van der Waals surface area (Å²) in [6, 6.07) is 3.98. The zero-order valence-corrected chi connectivity index (χ0v) is 18.3. The first kappa shape index (κ1) is 21.8. The van der Waals surface area contributed by atoms with E-state index in [0.29, 0.717) is 12.8 Å². The summed E-state index contributed by atoms with van der Waals surface area (Å²) < 4.78 is 28.0. The van der Waals surface area contributed by atoms with Gasteiger partial charge in [0.2, 0.25) is 10.0 Å². The lowest BCUT2D eigenvalue weighted by atomic mass is 10.0. The molecule has 2 atom stereocenters. The van der Waals surface area contributed by atoms with Crippen LogP contribution in [0, 0.1) is 0 Å². The molecule has 0 aliphatic carbocycles. The van der Waals surface area contributed by atoms with Gasteiger partial charge in [0.05, 0.1) is 16.4 Å². The van der Waals surface area contributed by atoms with Gasteiger partial charge in [0.1, 0.15) is 10.7 Å². The van der Waals surface area contributed by atoms with Crippen molar-refractivity contribution in [2.75, 3.05) is 10.6 Å². The number of aromatic nitrogens is 1. The molecule has 3 N–H and O–H groups in total. The number of fused-ring (bicyclic) bond motifs is 2. The number of benzene rings is 1. The van der Waals surface area contributed by atoms with E-state index in [1.165, 1.54) is 28.7 Å². The number of pyridine rings is 1. The van der Waals surface area contributed by atoms with Gasteiger partial charge in [0.15, 0.2) is 10.9 Å². The number of nitrogens with zero attached hydrogens (tertiary/aromatic N) is 2. The zero-order chi connectivity index (χ0) is 22.3. The average Bonchev–Trinajstić information content (AvgIpc) is 2.99. The summed E-state index contributed by atoms with van der Waals surface area (Å²) in [4.78, 5) is 27.5. The van der Waals surface area contributed by atoms with Crippen LogP contribution < -0.4 is 10.6 Å². The number of carbonyl (C=O) groups is 2. The Morgan fingerprint density at radius 3 is 2.39 bits per heavy atom. The van der Waals surface area contributed by atoms with Gasteiger partial charge in [0, 0.05) is 31.1 Å². The highest BCUT2D eigenvalue weighted by molar-refractivity contribution is 7.89. The molecule has 2 aliphatic rings. The van der Waals surface area contributed by atoms with Gasteiger partial charge in [-0.05, 0) is 37.1 Å². The standard InChI is InChI=1S/C19H18Cl2N4O5S/c20-13-5-6-14(23-19(28)24-15-2-1-7-22-18(15)21)16(27)17(13)31(29,30)25-10-3-4-11(25)9-12(26)8-10/h1-2,5-7,10-11,27H,3-4,8-9H2,(H2,23,24,28)/t10-,11-/m0/s1. The Bertz CT molecular complexity index is 1160. The van der Waals surface area contributed by atoms with Crippen molar-refractivity contribution >= 4 is 56.4 Å². The number of hydrogen-bond acceptors (Lipinski definition) is 6. The molecule has 4 rings (SSSR count). The molecular formula is C19H18Cl2N4O5S. The fraction of sp³-hybridized carbons (Fsp3) is 0.316. The van der Waals surface area contributed by atoms with E-state index in [2.05, 4.69) is 15.6 Å². The van der Waals surface area contributed by atoms with Crippen LogP contribution in [0.4, 0.5) is 16.2 Å². The van der Waals surface area contributed by atoms with E-state index in [1.54, 1.807) is 6.07 Å². The van der Waals surface area contributed by atoms with Gasteiger partial charge in [-0.2, -0.15) is 4.31 Å². The Morgan fingerprint density at radius 2 is 1.74 bits per heavy atom. The number of phenols is 1. The first-order chi connectivity index (χ1) is 14.7. The molecule has 0 unspecified atom stereocenters. The van der Waals surface area contributed by atoms with Crippen LogP contribution in [0.2, 0.25) is 10.2 Å². The molecule has 1 aromatic carbocycles. The van der Waals surface area contributed by atoms with Gasteiger partial charge in [-0.3, -0.25) is 4.79 Å². The molecule has 2 aliphatic heterocycles. The van der Waals surface area contributed by atoms with Gasteiger partial charge in [-0.1, -0.05) is 23.2 Å². The summed E-state index contributed by atoms with van der Waals surface area (Å²) in [6.45, 7) is 0. The predicted molar refractivity (Wildman–Crippen MR) is 115 cm³/mol. The molecule has 164 valence electrons. The van der Waals surface area contributed by atoms with Crippen LogP contribution in [0.1, 0.15) is 25.7 Å². The van der Waals surface area contributed by atoms with Crippen LogP contribution in [0.15, 0.2) is 35.4 Å². The quantitative estimate of drug-likeness (QED) is 0.448. The van der Waals surface area contributed by atoms with E-state index in [0.717, 1.165) is 0 Å². The molecule has 9 nitrogen and oxygen atoms in total. The van der Waals surface area contributed by atoms with Crippen molar-refractivity contribution in [1.82, 2.24) is 9.29 Å². The molecular weight excluding hydrogens is 467 g/mol. The summed E-state index contributed by atoms with van der Waals surface area (Å²) in [6.07, 6.45) is 2.87. The van der Waals surface area contributed by atoms with Crippen molar-refractivity contribution in [2.45, 2.75) is 42.7 Å². The SMILES string of the molecule is O=C1C[C@@H]2CC[C@@H](C1)N2S(=O)(=O)c1c(Cl)ccc(NC(=O)Nc2cccnc2Cl)c1O. The molecule has 2 saturated heterocycles. The second kappa shape index (κ2) is 8.27. The van der Waals surface area contributed by atoms with Gasteiger partial charge >= 0.3 is 6.03 Å². The number of phenolic OH excluding ortho intramolecular Hbond substituents is 1. The minimum absolute atomic E-state index is 0.0235. The maximum Gasteiger partial charge on any atom is 0.323 e. The van der Waals surface area contributed by atoms with E-state index in [9.17, 15) is 23.1 Å². The van der Waals surface area contributed by atoms with Gasteiger partial charge in [0.25, 0.3) is 0 Å². The Labute approximate surface area is 188 Å². The first-order valence-corrected chi connectivity index (χ1v) is 11.6. The number of hydrogen-bond donors (Lipinski definition) is 3. The maximum absolute atomic E-state index is 13.4. The highest BCUT2D eigenvalue weighted by atomic mass is 35.5. The summed E-state index contributed by atoms with van der Waals surface area (Å²) in [5.74, 6) is -0.661. The number of carbonyl (C=O) groups excluding carboxylic acids is 2. The number of piperidine rings is 1. The minimum Gasteiger partial charge on any atom is -0.504 e. The lowest BCUT2D eigenvalue weighted by molar-refractivity contribution is -0.122. The molecule has 2 fully saturated rings. The van der Waals surface area contributed by atoms with E-state index in [4.69, 9.17) is 23.2 Å². The van der Waals surface area contributed by atoms with E-state index in [1.807, 2.05) is 0 Å². The van der Waals surface area contributed by atoms with Crippen LogP contribution in [0.3, 0.4) is 0 Å². The van der Waals surface area contributed by atoms with Crippen LogP contribution in [0.25, 0.3) is 0 Å². The number of urea groups is 1. The number of sulfonamides is 1. The van der Waals surface area contributed by atoms with E-state index in [-0.39, 0.29) is 40.2 Å². The molecule has 12 heteroatoms. The molecule has 3 heterocycles. The molecule has 0 saturated carbocycles. The Kier molecular flexibility index (Phi) is 5.82. The monoisotopic (exact) mass is 484 g/mol. The lowest BCUT2D eigenvalue weighted by Gasteiger charge is -2.33. The molecule has 0 radical (unpaired) electrons. The van der Waals surface area contributed by atoms with Crippen LogP contribution in [-0.2, 0) is 14.8 Å². The fourth-order valence-electron chi connectivity index (χ4n) is 4.08. The Balaban J connectivity index is 1.63. The number of rotatable bonds is 4. The molecule has 2 aromatic rings. The third-order valence-electron chi connectivity index (χ3n) is 5.35. The number of nitrogens with one attached hydrogen (secondary N) is 2. The largest absolute Gasteiger partial charge is 0.504 e. The highest BCUT2D eigenvalue weighted by Gasteiger charge is 2.48. The predicted octanol–water partition coefficient (Wildman–Crippen LogP) is 3.62. The molecule has 0 spiro atoms. The van der Waals surface area contributed by atoms with Crippen molar-refractivity contribution in [3.05, 3.63) is 40.6 Å². The second-order valence-electron chi connectivity index (χ2n) is 7.36. The normalized spacial score (nSPS) is 21.2. The average molecular weight is 485 g/mol. The van der Waals surface area contributed by atoms with Gasteiger partial charge < -0.3 is 15.7 Å². The third kappa shape index (κ3) is 4.08. The molecule has 2 bridgehead atoms. The van der Waals surface area contributed by atoms with Crippen LogP contribution in [-0.4, -0.2) is 46.7 Å². The Hall–Kier alpha value is -2.40. The highest BCUT2D eigenvalue weighted by Crippen LogP contribution is 2.44. The number of Topliss-reactive ketones (excluding diaryl/α,β-unsaturated/α-hetero) is 1. The summed E-state index contributed by atoms with van der Waals surface area (Å²) in [7, 11) is -4.21. The summed E-state index contributed by atoms with van der Waals surface area (Å²) in [5, 5.41) is 15.4. The smallest absolute Gasteiger partial charge is 0.323 e. The maximum atomic E-state index is 13.4. The first-order valence-electron chi connectivity index (χ1n) is 9.43. The fourth-order valence-corrected chi connectivity index (χ4v) is 6.71. The van der Waals surface area contributed by atoms with Gasteiger partial charge in [-0.15, -0.1) is 0 Å². The number of anilines is 2. The van der Waals surface area contributed by atoms with Crippen LogP contribution >= 0.6 is 23.2 Å². The van der Waals surface area contributed by atoms with E-state index >= 15 is 0 Å². The Morgan fingerprint density at radius 1 is 1.10 bits per heavy atom. The number of ketones is 1. The van der Waals surface area contributed by atoms with Crippen molar-refractivity contribution in [3.8, 4) is 5.75 Å². The lowest BCUT2D eigenvalue weighted by Crippen LogP contribution is -2.46. The van der Waals surface area contributed by atoms with Crippen LogP contribution in [0.5, 0.6) is 5.75 Å².